The fourth-order valence-corrected chi connectivity index (χ4v) is 3.58. The summed E-state index contributed by atoms with van der Waals surface area (Å²) in [4.78, 5) is 3.88. The molecule has 0 spiro atoms. The van der Waals surface area contributed by atoms with E-state index >= 15 is 0 Å². The van der Waals surface area contributed by atoms with Crippen LogP contribution in [0.2, 0.25) is 0 Å². The van der Waals surface area contributed by atoms with Gasteiger partial charge in [0.05, 0.1) is 0 Å². The fourth-order valence-electron chi connectivity index (χ4n) is 2.18. The van der Waals surface area contributed by atoms with Crippen molar-refractivity contribution in [2.24, 2.45) is 10.2 Å². The fraction of sp³-hybridized carbons (Fsp3) is 0. The van der Waals surface area contributed by atoms with Gasteiger partial charge in [-0.1, -0.05) is 46.6 Å². The van der Waals surface area contributed by atoms with Gasteiger partial charge in [0, 0.05) is 50.8 Å². The summed E-state index contributed by atoms with van der Waals surface area (Å²) in [6, 6.07) is 6.88. The van der Waals surface area contributed by atoms with Crippen LogP contribution in [-0.4, -0.2) is 55.5 Å². The summed E-state index contributed by atoms with van der Waals surface area (Å²) >= 11 is 0. The van der Waals surface area contributed by atoms with Crippen molar-refractivity contribution in [2.75, 3.05) is 0 Å². The van der Waals surface area contributed by atoms with Gasteiger partial charge in [0.25, 0.3) is 20.2 Å². The Morgan fingerprint density at radius 2 is 1.10 bits per heavy atom. The van der Waals surface area contributed by atoms with Crippen LogP contribution in [0.4, 0.5) is 11.4 Å². The first-order valence-corrected chi connectivity index (χ1v) is 9.95. The van der Waals surface area contributed by atoms with Crippen LogP contribution in [0.25, 0.3) is 33.0 Å². The molecular formula is C14H10N6NaO6S2. The second-order valence-corrected chi connectivity index (χ2v) is 7.89. The Balaban J connectivity index is 0.00000420. The predicted octanol–water partition coefficient (Wildman–Crippen LogP) is 3.85. The molecule has 0 saturated carbocycles. The maximum atomic E-state index is 11.6. The number of hydrogen-bond acceptors (Lipinski definition) is 6. The Labute approximate surface area is 186 Å². The maximum Gasteiger partial charge on any atom is 0.295 e. The second kappa shape index (κ2) is 9.89. The van der Waals surface area contributed by atoms with Crippen LogP contribution >= 0.6 is 0 Å². The van der Waals surface area contributed by atoms with Crippen LogP contribution in [-0.2, 0) is 20.2 Å². The van der Waals surface area contributed by atoms with Gasteiger partial charge < -0.3 is 0 Å². The number of hydrogen-bond donors (Lipinski definition) is 2. The van der Waals surface area contributed by atoms with Gasteiger partial charge in [-0.3, -0.25) is 9.11 Å². The van der Waals surface area contributed by atoms with Gasteiger partial charge in [-0.05, 0) is 34.3 Å². The monoisotopic (exact) mass is 445 g/mol. The summed E-state index contributed by atoms with van der Waals surface area (Å²) in [5, 5.41) is 6.49. The van der Waals surface area contributed by atoms with E-state index in [-0.39, 0.29) is 52.1 Å². The van der Waals surface area contributed by atoms with E-state index in [0.717, 1.165) is 12.1 Å². The standard InChI is InChI=1S/C14H10N6O6S2.Na/c15-19-17-11-5-3-9(13(7-11)27(21,22)23)1-2-10-4-6-12(18-20-16)8-14(10)28(24,25)26;/h1-8H,(H,21,22,23)(H,24,25,26);/b2-1+;. The molecule has 0 atom stereocenters. The quantitative estimate of drug-likeness (QED) is 0.168. The van der Waals surface area contributed by atoms with E-state index in [2.05, 4.69) is 20.1 Å². The van der Waals surface area contributed by atoms with E-state index < -0.39 is 30.0 Å². The Bertz CT molecular complexity index is 1180. The molecule has 145 valence electrons. The van der Waals surface area contributed by atoms with Crippen molar-refractivity contribution in [1.29, 1.82) is 0 Å². The number of benzene rings is 2. The normalized spacial score (nSPS) is 11.2. The summed E-state index contributed by atoms with van der Waals surface area (Å²) in [5.74, 6) is 0. The molecule has 15 heteroatoms. The Morgan fingerprint density at radius 3 is 1.38 bits per heavy atom. The summed E-state index contributed by atoms with van der Waals surface area (Å²) in [6.45, 7) is 0. The number of azide groups is 2. The number of rotatable bonds is 6. The van der Waals surface area contributed by atoms with E-state index in [1.54, 1.807) is 0 Å². The van der Waals surface area contributed by atoms with Crippen LogP contribution in [0.3, 0.4) is 0 Å². The first-order chi connectivity index (χ1) is 13.1. The van der Waals surface area contributed by atoms with Crippen molar-refractivity contribution in [3.05, 3.63) is 68.4 Å². The van der Waals surface area contributed by atoms with Crippen LogP contribution in [0.1, 0.15) is 11.1 Å². The molecule has 1 radical (unpaired) electrons. The van der Waals surface area contributed by atoms with Gasteiger partial charge in [-0.15, -0.1) is 0 Å². The second-order valence-electron chi connectivity index (χ2n) is 5.11. The third kappa shape index (κ3) is 6.58. The minimum atomic E-state index is -4.69. The van der Waals surface area contributed by atoms with Gasteiger partial charge in [0.2, 0.25) is 0 Å². The molecule has 0 fully saturated rings. The third-order valence-electron chi connectivity index (χ3n) is 3.31. The van der Waals surface area contributed by atoms with E-state index in [1.807, 2.05) is 0 Å². The van der Waals surface area contributed by atoms with Crippen molar-refractivity contribution in [1.82, 2.24) is 0 Å². The zero-order valence-electron chi connectivity index (χ0n) is 14.6. The van der Waals surface area contributed by atoms with Crippen LogP contribution < -0.4 is 0 Å². The van der Waals surface area contributed by atoms with Gasteiger partial charge in [-0.2, -0.15) is 16.8 Å². The Morgan fingerprint density at radius 1 is 0.759 bits per heavy atom. The van der Waals surface area contributed by atoms with Crippen molar-refractivity contribution in [3.63, 3.8) is 0 Å². The largest absolute Gasteiger partial charge is 0.295 e. The molecule has 0 bridgehead atoms. The SMILES string of the molecule is [N-]=[N+]=Nc1ccc(/C=C/c2ccc(N=[N+]=[N-])cc2S(=O)(=O)O)c(S(=O)(=O)O)c1.[Na]. The zero-order chi connectivity index (χ0) is 20.9. The van der Waals surface area contributed by atoms with E-state index in [9.17, 15) is 25.9 Å². The van der Waals surface area contributed by atoms with E-state index in [4.69, 9.17) is 11.1 Å². The predicted molar refractivity (Wildman–Crippen MR) is 105 cm³/mol. The first kappa shape index (κ1) is 24.7. The molecule has 2 aromatic carbocycles. The smallest absolute Gasteiger partial charge is 0.282 e. The van der Waals surface area contributed by atoms with Gasteiger partial charge in [0.1, 0.15) is 9.79 Å². The maximum absolute atomic E-state index is 11.6. The molecular weight excluding hydrogens is 435 g/mol. The molecule has 29 heavy (non-hydrogen) atoms. The molecule has 0 aliphatic heterocycles. The van der Waals surface area contributed by atoms with Crippen LogP contribution in [0.5, 0.6) is 0 Å². The molecule has 12 nitrogen and oxygen atoms in total. The molecule has 0 aliphatic carbocycles. The summed E-state index contributed by atoms with van der Waals surface area (Å²) in [5.41, 5.74) is 16.6. The average Bonchev–Trinajstić information content (AvgIpc) is 2.60. The topological polar surface area (TPSA) is 206 Å². The van der Waals surface area contributed by atoms with E-state index in [1.165, 1.54) is 36.4 Å². The number of nitrogens with zero attached hydrogens (tertiary/aromatic N) is 6. The average molecular weight is 445 g/mol. The molecule has 0 heterocycles. The minimum absolute atomic E-state index is 0. The molecule has 0 aliphatic rings. The molecule has 2 aromatic rings. The molecule has 0 unspecified atom stereocenters. The molecule has 0 amide bonds. The van der Waals surface area contributed by atoms with Crippen molar-refractivity contribution in [2.45, 2.75) is 9.79 Å². The minimum Gasteiger partial charge on any atom is -0.282 e. The zero-order valence-corrected chi connectivity index (χ0v) is 18.3. The summed E-state index contributed by atoms with van der Waals surface area (Å²) < 4.78 is 65.0. The molecule has 0 aromatic heterocycles. The molecule has 2 N–H and O–H groups in total. The molecule has 2 rings (SSSR count). The van der Waals surface area contributed by atoms with Crippen LogP contribution in [0.15, 0.2) is 56.4 Å². The van der Waals surface area contributed by atoms with Crippen molar-refractivity contribution in [3.8, 4) is 0 Å². The summed E-state index contributed by atoms with van der Waals surface area (Å²) in [6.07, 6.45) is 2.33. The third-order valence-corrected chi connectivity index (χ3v) is 5.13. The molecule has 0 saturated heterocycles. The van der Waals surface area contributed by atoms with Gasteiger partial charge in [0.15, 0.2) is 0 Å². The van der Waals surface area contributed by atoms with E-state index in [0.29, 0.717) is 0 Å². The van der Waals surface area contributed by atoms with Crippen LogP contribution in [0, 0.1) is 0 Å². The van der Waals surface area contributed by atoms with Gasteiger partial charge in [-0.25, -0.2) is 0 Å². The van der Waals surface area contributed by atoms with Gasteiger partial charge >= 0.3 is 0 Å². The van der Waals surface area contributed by atoms with Crippen molar-refractivity contribution < 1.29 is 25.9 Å². The van der Waals surface area contributed by atoms with Crippen molar-refractivity contribution >= 4 is 73.3 Å². The Hall–Kier alpha value is -2.38. The summed E-state index contributed by atoms with van der Waals surface area (Å²) in [7, 11) is -9.38. The first-order valence-electron chi connectivity index (χ1n) is 7.07. The Kier molecular flexibility index (Phi) is 8.41.